The Morgan fingerprint density at radius 2 is 1.74 bits per heavy atom. The van der Waals surface area contributed by atoms with Crippen LogP contribution in [0.4, 0.5) is 0 Å². The number of ether oxygens (including phenoxy) is 1. The van der Waals surface area contributed by atoms with Gasteiger partial charge in [0.1, 0.15) is 11.7 Å². The molecule has 2 amide bonds. The molecule has 1 fully saturated rings. The van der Waals surface area contributed by atoms with Gasteiger partial charge in [0.15, 0.2) is 0 Å². The minimum absolute atomic E-state index is 0.127. The molecular formula is C39H51N5O6. The van der Waals surface area contributed by atoms with Gasteiger partial charge in [0.05, 0.1) is 24.9 Å². The van der Waals surface area contributed by atoms with Crippen molar-refractivity contribution >= 4 is 17.8 Å². The highest BCUT2D eigenvalue weighted by atomic mass is 16.5. The molecule has 11 heteroatoms. The monoisotopic (exact) mass is 685 g/mol. The fourth-order valence-corrected chi connectivity index (χ4v) is 6.92. The Bertz CT molecular complexity index is 1590. The first-order valence-corrected chi connectivity index (χ1v) is 17.6. The number of β-amino-alcohol motifs (C(OH)–C–C–N with tert-alkyl or cyclic N) is 1. The number of amides is 2. The Morgan fingerprint density at radius 1 is 1.00 bits per heavy atom. The second-order valence-corrected chi connectivity index (χ2v) is 14.5. The predicted molar refractivity (Wildman–Crippen MR) is 190 cm³/mol. The van der Waals surface area contributed by atoms with Crippen LogP contribution in [0.2, 0.25) is 0 Å². The number of nitrogens with one attached hydrogen (secondary N) is 2. The minimum Gasteiger partial charge on any atom is -0.461 e. The lowest BCUT2D eigenvalue weighted by atomic mass is 9.91. The molecule has 2 heterocycles. The molecule has 1 saturated heterocycles. The van der Waals surface area contributed by atoms with E-state index in [4.69, 9.17) is 4.74 Å². The molecule has 5 atom stereocenters. The van der Waals surface area contributed by atoms with Gasteiger partial charge in [-0.3, -0.25) is 19.4 Å². The number of aromatic nitrogens is 1. The van der Waals surface area contributed by atoms with E-state index in [9.17, 15) is 24.6 Å². The number of esters is 1. The third-order valence-corrected chi connectivity index (χ3v) is 9.29. The highest BCUT2D eigenvalue weighted by Crippen LogP contribution is 2.32. The molecule has 1 aliphatic carbocycles. The Balaban J connectivity index is 1.27. The first-order chi connectivity index (χ1) is 23.9. The lowest BCUT2D eigenvalue weighted by Crippen LogP contribution is -2.61. The number of hydrogen-bond donors (Lipinski definition) is 4. The lowest BCUT2D eigenvalue weighted by molar-refractivity contribution is -0.132. The van der Waals surface area contributed by atoms with Gasteiger partial charge in [0, 0.05) is 56.8 Å². The Kier molecular flexibility index (Phi) is 12.4. The smallest absolute Gasteiger partial charge is 0.356 e. The molecule has 268 valence electrons. The Labute approximate surface area is 295 Å². The lowest BCUT2D eigenvalue weighted by Gasteiger charge is -2.42. The molecule has 0 unspecified atom stereocenters. The zero-order valence-electron chi connectivity index (χ0n) is 29.5. The molecule has 0 bridgehead atoms. The van der Waals surface area contributed by atoms with Gasteiger partial charge in [-0.1, -0.05) is 60.7 Å². The van der Waals surface area contributed by atoms with Crippen molar-refractivity contribution in [2.45, 2.75) is 83.3 Å². The Hall–Kier alpha value is -4.16. The van der Waals surface area contributed by atoms with Crippen LogP contribution in [0, 0.1) is 5.92 Å². The fourth-order valence-electron chi connectivity index (χ4n) is 6.92. The topological polar surface area (TPSA) is 144 Å². The molecule has 2 aliphatic rings. The molecule has 1 aromatic heterocycles. The van der Waals surface area contributed by atoms with E-state index in [-0.39, 0.29) is 37.1 Å². The summed E-state index contributed by atoms with van der Waals surface area (Å²) < 4.78 is 5.04. The SMILES string of the molecule is CCOC(=O)c1ccc(CN2CCN(C[C@@H](O)C[C@@H](Cc3ccccc3)C(=O)N[C@H]3c4ccccc4C[C@H]3O)[C@H](C(=O)NC(C)(C)C)C2)cn1. The highest BCUT2D eigenvalue weighted by Gasteiger charge is 2.37. The number of pyridine rings is 1. The molecule has 4 N–H and O–H groups in total. The van der Waals surface area contributed by atoms with Crippen molar-refractivity contribution in [1.29, 1.82) is 0 Å². The predicted octanol–water partition coefficient (Wildman–Crippen LogP) is 3.04. The highest BCUT2D eigenvalue weighted by molar-refractivity contribution is 5.87. The average Bonchev–Trinajstić information content (AvgIpc) is 3.39. The van der Waals surface area contributed by atoms with Gasteiger partial charge in [0.2, 0.25) is 11.8 Å². The molecule has 2 aromatic carbocycles. The number of carbonyl (C=O) groups excluding carboxylic acids is 3. The zero-order valence-corrected chi connectivity index (χ0v) is 29.5. The summed E-state index contributed by atoms with van der Waals surface area (Å²) in [6.45, 7) is 10.2. The van der Waals surface area contributed by atoms with E-state index in [1.165, 1.54) is 0 Å². The van der Waals surface area contributed by atoms with Crippen molar-refractivity contribution in [3.05, 3.63) is 101 Å². The first kappa shape index (κ1) is 37.1. The standard InChI is InChI=1S/C39H51N5O6/c1-5-50-38(49)32-16-15-27(22-40-32)23-43-17-18-44(33(25-43)37(48)42-39(2,3)4)24-30(45)20-29(19-26-11-7-6-8-12-26)36(47)41-35-31-14-10-9-13-28(31)21-34(35)46/h6-16,22,29-30,33-35,45-46H,5,17-21,23-25H2,1-4H3,(H,41,47)(H,42,48)/t29-,30+,33+,34-,35+/m1/s1. The third-order valence-electron chi connectivity index (χ3n) is 9.29. The number of rotatable bonds is 13. The van der Waals surface area contributed by atoms with Gasteiger partial charge < -0.3 is 25.6 Å². The summed E-state index contributed by atoms with van der Waals surface area (Å²) >= 11 is 0. The van der Waals surface area contributed by atoms with Gasteiger partial charge in [-0.05, 0) is 68.9 Å². The number of aliphatic hydroxyl groups is 2. The number of nitrogens with zero attached hydrogens (tertiary/aromatic N) is 3. The van der Waals surface area contributed by atoms with E-state index in [1.54, 1.807) is 19.2 Å². The number of benzene rings is 2. The quantitative estimate of drug-likeness (QED) is 0.200. The number of hydrogen-bond acceptors (Lipinski definition) is 9. The van der Waals surface area contributed by atoms with Crippen LogP contribution in [0.3, 0.4) is 0 Å². The van der Waals surface area contributed by atoms with Gasteiger partial charge in [0.25, 0.3) is 0 Å². The normalized spacial score (nSPS) is 20.8. The third kappa shape index (κ3) is 9.97. The average molecular weight is 686 g/mol. The number of piperazine rings is 1. The maximum absolute atomic E-state index is 13.9. The van der Waals surface area contributed by atoms with Gasteiger partial charge in [-0.25, -0.2) is 9.78 Å². The Morgan fingerprint density at radius 3 is 2.44 bits per heavy atom. The maximum Gasteiger partial charge on any atom is 0.356 e. The van der Waals surface area contributed by atoms with E-state index >= 15 is 0 Å². The van der Waals surface area contributed by atoms with E-state index in [1.807, 2.05) is 86.3 Å². The van der Waals surface area contributed by atoms with Crippen molar-refractivity contribution in [3.63, 3.8) is 0 Å². The van der Waals surface area contributed by atoms with Crippen LogP contribution in [-0.2, 0) is 33.7 Å². The molecule has 11 nitrogen and oxygen atoms in total. The maximum atomic E-state index is 13.9. The van der Waals surface area contributed by atoms with Crippen LogP contribution in [0.5, 0.6) is 0 Å². The zero-order chi connectivity index (χ0) is 35.8. The van der Waals surface area contributed by atoms with Gasteiger partial charge in [-0.15, -0.1) is 0 Å². The molecule has 5 rings (SSSR count). The van der Waals surface area contributed by atoms with Crippen LogP contribution >= 0.6 is 0 Å². The summed E-state index contributed by atoms with van der Waals surface area (Å²) in [4.78, 5) is 48.0. The minimum atomic E-state index is -0.883. The molecular weight excluding hydrogens is 634 g/mol. The largest absolute Gasteiger partial charge is 0.461 e. The van der Waals surface area contributed by atoms with Crippen molar-refractivity contribution < 1.29 is 29.3 Å². The van der Waals surface area contributed by atoms with Crippen LogP contribution in [0.1, 0.15) is 72.9 Å². The van der Waals surface area contributed by atoms with E-state index in [2.05, 4.69) is 20.5 Å². The summed E-state index contributed by atoms with van der Waals surface area (Å²) in [7, 11) is 0. The number of carbonyl (C=O) groups is 3. The summed E-state index contributed by atoms with van der Waals surface area (Å²) in [6, 6.07) is 19.9. The van der Waals surface area contributed by atoms with Crippen molar-refractivity contribution in [2.24, 2.45) is 5.92 Å². The molecule has 50 heavy (non-hydrogen) atoms. The van der Waals surface area contributed by atoms with Crippen molar-refractivity contribution in [1.82, 2.24) is 25.4 Å². The van der Waals surface area contributed by atoms with E-state index in [0.29, 0.717) is 39.0 Å². The molecule has 1 aliphatic heterocycles. The summed E-state index contributed by atoms with van der Waals surface area (Å²) in [5.74, 6) is -1.36. The second-order valence-electron chi connectivity index (χ2n) is 14.5. The second kappa shape index (κ2) is 16.7. The van der Waals surface area contributed by atoms with Crippen LogP contribution < -0.4 is 10.6 Å². The summed E-state index contributed by atoms with van der Waals surface area (Å²) in [5.41, 5.74) is 3.63. The first-order valence-electron chi connectivity index (χ1n) is 17.6. The fraction of sp³-hybridized carbons (Fsp3) is 0.487. The van der Waals surface area contributed by atoms with Crippen LogP contribution in [0.25, 0.3) is 0 Å². The van der Waals surface area contributed by atoms with Gasteiger partial charge >= 0.3 is 5.97 Å². The van der Waals surface area contributed by atoms with E-state index in [0.717, 1.165) is 22.3 Å². The number of fused-ring (bicyclic) bond motifs is 1. The van der Waals surface area contributed by atoms with Crippen LogP contribution in [-0.4, -0.2) is 99.4 Å². The summed E-state index contributed by atoms with van der Waals surface area (Å²) in [6.07, 6.45) is 1.16. The van der Waals surface area contributed by atoms with Crippen LogP contribution in [0.15, 0.2) is 72.9 Å². The molecule has 0 spiro atoms. The summed E-state index contributed by atoms with van der Waals surface area (Å²) in [5, 5.41) is 28.6. The molecule has 0 saturated carbocycles. The van der Waals surface area contributed by atoms with Crippen molar-refractivity contribution in [2.75, 3.05) is 32.8 Å². The van der Waals surface area contributed by atoms with Gasteiger partial charge in [-0.2, -0.15) is 0 Å². The number of aliphatic hydroxyl groups excluding tert-OH is 2. The van der Waals surface area contributed by atoms with E-state index < -0.39 is 41.7 Å². The molecule has 0 radical (unpaired) electrons. The molecule has 3 aromatic rings. The van der Waals surface area contributed by atoms with Crippen molar-refractivity contribution in [3.8, 4) is 0 Å².